The Morgan fingerprint density at radius 1 is 0.973 bits per heavy atom. The molecule has 0 atom stereocenters. The molecule has 2 heterocycles. The Labute approximate surface area is 214 Å². The molecule has 0 fully saturated rings. The molecule has 0 radical (unpaired) electrons. The number of hydrogen-bond acceptors (Lipinski definition) is 3. The van der Waals surface area contributed by atoms with Gasteiger partial charge in [-0.05, 0) is 35.7 Å². The van der Waals surface area contributed by atoms with Gasteiger partial charge in [0.1, 0.15) is 11.6 Å². The first kappa shape index (κ1) is 25.0. The molecular weight excluding hydrogens is 475 g/mol. The predicted molar refractivity (Wildman–Crippen MR) is 137 cm³/mol. The van der Waals surface area contributed by atoms with Crippen molar-refractivity contribution in [1.29, 1.82) is 0 Å². The van der Waals surface area contributed by atoms with Gasteiger partial charge in [0.2, 0.25) is 0 Å². The van der Waals surface area contributed by atoms with Crippen LogP contribution in [-0.4, -0.2) is 21.0 Å². The summed E-state index contributed by atoms with van der Waals surface area (Å²) in [5, 5.41) is 0. The quantitative estimate of drug-likeness (QED) is 0.324. The average Bonchev–Trinajstić information content (AvgIpc) is 2.88. The summed E-state index contributed by atoms with van der Waals surface area (Å²) < 4.78 is 43.4. The lowest BCUT2D eigenvalue weighted by atomic mass is 9.97. The van der Waals surface area contributed by atoms with E-state index in [1.165, 1.54) is 12.1 Å². The van der Waals surface area contributed by atoms with Crippen LogP contribution in [0, 0.1) is 12.7 Å². The van der Waals surface area contributed by atoms with Crippen molar-refractivity contribution in [2.45, 2.75) is 45.3 Å². The molecule has 0 saturated heterocycles. The number of halogens is 3. The van der Waals surface area contributed by atoms with Gasteiger partial charge in [0.15, 0.2) is 0 Å². The van der Waals surface area contributed by atoms with E-state index in [0.717, 1.165) is 22.9 Å². The van der Waals surface area contributed by atoms with Gasteiger partial charge in [-0.2, -0.15) is 0 Å². The maximum atomic E-state index is 14.0. The number of aryl methyl sites for hydroxylation is 1. The molecule has 0 amide bonds. The van der Waals surface area contributed by atoms with E-state index in [1.54, 1.807) is 4.57 Å². The molecule has 0 unspecified atom stereocenters. The van der Waals surface area contributed by atoms with Gasteiger partial charge in [-0.15, -0.1) is 0 Å². The molecule has 0 aliphatic carbocycles. The number of hydrogen-bond donors (Lipinski definition) is 0. The van der Waals surface area contributed by atoms with Gasteiger partial charge in [0.05, 0.1) is 22.9 Å². The minimum absolute atomic E-state index is 0.107. The molecule has 3 aromatic carbocycles. The zero-order valence-corrected chi connectivity index (χ0v) is 20.8. The molecule has 190 valence electrons. The largest absolute Gasteiger partial charge is 0.294 e. The summed E-state index contributed by atoms with van der Waals surface area (Å²) >= 11 is 0. The maximum absolute atomic E-state index is 14.0. The highest BCUT2D eigenvalue weighted by atomic mass is 19.3. The van der Waals surface area contributed by atoms with Gasteiger partial charge in [-0.25, -0.2) is 18.2 Å². The zero-order chi connectivity index (χ0) is 26.2. The van der Waals surface area contributed by atoms with Crippen molar-refractivity contribution < 1.29 is 13.2 Å². The summed E-state index contributed by atoms with van der Waals surface area (Å²) in [4.78, 5) is 20.9. The molecule has 37 heavy (non-hydrogen) atoms. The minimum Gasteiger partial charge on any atom is -0.294 e. The van der Waals surface area contributed by atoms with Crippen LogP contribution < -0.4 is 5.56 Å². The van der Waals surface area contributed by atoms with E-state index >= 15 is 0 Å². The zero-order valence-electron chi connectivity index (χ0n) is 20.8. The highest BCUT2D eigenvalue weighted by Crippen LogP contribution is 2.31. The van der Waals surface area contributed by atoms with Gasteiger partial charge >= 0.3 is 0 Å². The second-order valence-electron chi connectivity index (χ2n) is 9.65. The molecule has 5 rings (SSSR count). The van der Waals surface area contributed by atoms with Crippen molar-refractivity contribution in [2.75, 3.05) is 6.54 Å². The summed E-state index contributed by atoms with van der Waals surface area (Å²) in [5.74, 6) is -3.55. The first-order valence-electron chi connectivity index (χ1n) is 12.3. The van der Waals surface area contributed by atoms with E-state index < -0.39 is 17.3 Å². The number of alkyl halides is 2. The minimum atomic E-state index is -3.27. The topological polar surface area (TPSA) is 38.1 Å². The summed E-state index contributed by atoms with van der Waals surface area (Å²) in [6, 6.07) is 23.2. The van der Waals surface area contributed by atoms with Crippen LogP contribution in [-0.2, 0) is 25.4 Å². The molecule has 1 aliphatic rings. The Hall–Kier alpha value is -3.71. The van der Waals surface area contributed by atoms with E-state index in [2.05, 4.69) is 0 Å². The molecule has 1 aromatic heterocycles. The smallest absolute Gasteiger partial charge is 0.273 e. The van der Waals surface area contributed by atoms with Gasteiger partial charge in [-0.3, -0.25) is 14.3 Å². The van der Waals surface area contributed by atoms with Crippen molar-refractivity contribution in [2.24, 2.45) is 0 Å². The van der Waals surface area contributed by atoms with E-state index in [4.69, 9.17) is 4.98 Å². The normalized spacial score (nSPS) is 14.1. The summed E-state index contributed by atoms with van der Waals surface area (Å²) in [6.07, 6.45) is 0.575. The monoisotopic (exact) mass is 503 g/mol. The third-order valence-electron chi connectivity index (χ3n) is 6.92. The highest BCUT2D eigenvalue weighted by molar-refractivity contribution is 5.35. The van der Waals surface area contributed by atoms with Crippen LogP contribution in [0.2, 0.25) is 0 Å². The SMILES string of the molecule is Cc1nc2c(c(=O)n1C(c1ccccc1)c1ccccc1)CN(Cc1ccc(F)c(C(C)(F)F)c1)CC2. The lowest BCUT2D eigenvalue weighted by Crippen LogP contribution is -2.40. The van der Waals surface area contributed by atoms with Crippen molar-refractivity contribution in [3.8, 4) is 0 Å². The van der Waals surface area contributed by atoms with Crippen LogP contribution in [0.15, 0.2) is 83.7 Å². The Morgan fingerprint density at radius 2 is 1.59 bits per heavy atom. The van der Waals surface area contributed by atoms with Crippen LogP contribution in [0.5, 0.6) is 0 Å². The Bertz CT molecular complexity index is 1420. The second-order valence-corrected chi connectivity index (χ2v) is 9.65. The third-order valence-corrected chi connectivity index (χ3v) is 6.92. The molecule has 4 nitrogen and oxygen atoms in total. The number of fused-ring (bicyclic) bond motifs is 1. The van der Waals surface area contributed by atoms with E-state index in [0.29, 0.717) is 49.9 Å². The van der Waals surface area contributed by atoms with Crippen LogP contribution in [0.1, 0.15) is 52.3 Å². The van der Waals surface area contributed by atoms with Crippen molar-refractivity contribution >= 4 is 0 Å². The van der Waals surface area contributed by atoms with E-state index in [-0.39, 0.29) is 11.6 Å². The fourth-order valence-corrected chi connectivity index (χ4v) is 5.13. The third kappa shape index (κ3) is 5.09. The highest BCUT2D eigenvalue weighted by Gasteiger charge is 2.30. The molecular formula is C30H28F3N3O. The number of benzene rings is 3. The number of nitrogens with zero attached hydrogens (tertiary/aromatic N) is 3. The fraction of sp³-hybridized carbons (Fsp3) is 0.267. The van der Waals surface area contributed by atoms with Crippen LogP contribution in [0.3, 0.4) is 0 Å². The van der Waals surface area contributed by atoms with Crippen molar-refractivity contribution in [1.82, 2.24) is 14.5 Å². The lowest BCUT2D eigenvalue weighted by Gasteiger charge is -2.30. The van der Waals surface area contributed by atoms with E-state index in [9.17, 15) is 18.0 Å². The number of rotatable bonds is 6. The molecule has 7 heteroatoms. The average molecular weight is 504 g/mol. The summed E-state index contributed by atoms with van der Waals surface area (Å²) in [6.45, 7) is 3.85. The van der Waals surface area contributed by atoms with E-state index in [1.807, 2.05) is 72.5 Å². The summed E-state index contributed by atoms with van der Waals surface area (Å²) in [7, 11) is 0. The van der Waals surface area contributed by atoms with Gasteiger partial charge in [0.25, 0.3) is 11.5 Å². The van der Waals surface area contributed by atoms with Crippen LogP contribution in [0.4, 0.5) is 13.2 Å². The Kier molecular flexibility index (Phi) is 6.73. The van der Waals surface area contributed by atoms with Gasteiger partial charge in [0, 0.05) is 33.0 Å². The molecule has 0 saturated carbocycles. The number of aromatic nitrogens is 2. The van der Waals surface area contributed by atoms with Gasteiger partial charge in [-0.1, -0.05) is 66.7 Å². The Morgan fingerprint density at radius 3 is 2.19 bits per heavy atom. The molecule has 1 aliphatic heterocycles. The standard InChI is InChI=1S/C30H28F3N3O/c1-20-34-27-15-16-35(18-21-13-14-26(31)25(17-21)30(2,32)33)19-24(27)29(37)36(20)28(22-9-5-3-6-10-22)23-11-7-4-8-12-23/h3-14,17,28H,15-16,18-19H2,1-2H3. The predicted octanol–water partition coefficient (Wildman–Crippen LogP) is 6.00. The maximum Gasteiger partial charge on any atom is 0.273 e. The second kappa shape index (κ2) is 9.98. The van der Waals surface area contributed by atoms with Gasteiger partial charge < -0.3 is 0 Å². The summed E-state index contributed by atoms with van der Waals surface area (Å²) in [5.41, 5.74) is 3.19. The first-order chi connectivity index (χ1) is 17.7. The van der Waals surface area contributed by atoms with Crippen molar-refractivity contribution in [3.05, 3.63) is 134 Å². The van der Waals surface area contributed by atoms with Crippen molar-refractivity contribution in [3.63, 3.8) is 0 Å². The van der Waals surface area contributed by atoms with Crippen LogP contribution >= 0.6 is 0 Å². The van der Waals surface area contributed by atoms with Crippen LogP contribution in [0.25, 0.3) is 0 Å². The molecule has 0 N–H and O–H groups in total. The Balaban J connectivity index is 1.52. The molecule has 0 spiro atoms. The molecule has 0 bridgehead atoms. The molecule has 4 aromatic rings. The fourth-order valence-electron chi connectivity index (χ4n) is 5.13. The lowest BCUT2D eigenvalue weighted by molar-refractivity contribution is 0.0136. The first-order valence-corrected chi connectivity index (χ1v) is 12.3.